The summed E-state index contributed by atoms with van der Waals surface area (Å²) < 4.78 is 4.10. The largest absolute Gasteiger partial charge is 0.393 e. The lowest BCUT2D eigenvalue weighted by molar-refractivity contribution is -0.929. The van der Waals surface area contributed by atoms with Crippen molar-refractivity contribution in [2.75, 3.05) is 13.1 Å². The standard InChI is InChI=1S/C12H14Cl2N4OS/c13-8-5-10(14)11-15-18(12(20)17(11)6-8)7-16-3-1-9(19)2-4-16/h5-6,9,19H,1-4,7H2/p+1. The molecule has 0 aromatic carbocycles. The third-order valence-corrected chi connectivity index (χ3v) is 4.53. The molecule has 0 amide bonds. The predicted octanol–water partition coefficient (Wildman–Crippen LogP) is 1.17. The lowest BCUT2D eigenvalue weighted by Gasteiger charge is -2.26. The molecule has 0 spiro atoms. The third kappa shape index (κ3) is 2.71. The highest BCUT2D eigenvalue weighted by atomic mass is 35.5. The number of piperidine rings is 1. The van der Waals surface area contributed by atoms with Gasteiger partial charge in [-0.1, -0.05) is 23.2 Å². The highest BCUT2D eigenvalue weighted by Gasteiger charge is 2.21. The minimum atomic E-state index is -0.166. The summed E-state index contributed by atoms with van der Waals surface area (Å²) in [4.78, 5) is 1.36. The van der Waals surface area contributed by atoms with Gasteiger partial charge in [-0.25, -0.2) is 0 Å². The molecule has 3 rings (SSSR count). The fraction of sp³-hybridized carbons (Fsp3) is 0.500. The zero-order valence-electron chi connectivity index (χ0n) is 10.7. The number of aromatic nitrogens is 3. The van der Waals surface area contributed by atoms with Crippen LogP contribution in [-0.2, 0) is 6.67 Å². The van der Waals surface area contributed by atoms with Crippen molar-refractivity contribution in [1.82, 2.24) is 14.2 Å². The van der Waals surface area contributed by atoms with Crippen molar-refractivity contribution in [2.24, 2.45) is 0 Å². The van der Waals surface area contributed by atoms with E-state index in [1.54, 1.807) is 21.3 Å². The van der Waals surface area contributed by atoms with Gasteiger partial charge in [0.1, 0.15) is 0 Å². The van der Waals surface area contributed by atoms with E-state index >= 15 is 0 Å². The molecule has 2 aromatic rings. The molecule has 108 valence electrons. The summed E-state index contributed by atoms with van der Waals surface area (Å²) in [7, 11) is 0. The summed E-state index contributed by atoms with van der Waals surface area (Å²) in [5, 5.41) is 15.0. The monoisotopic (exact) mass is 333 g/mol. The number of nitrogens with one attached hydrogen (secondary N) is 1. The molecule has 3 heterocycles. The van der Waals surface area contributed by atoms with Gasteiger partial charge in [-0.2, -0.15) is 4.68 Å². The predicted molar refractivity (Wildman–Crippen MR) is 80.0 cm³/mol. The van der Waals surface area contributed by atoms with Crippen molar-refractivity contribution >= 4 is 41.1 Å². The number of pyridine rings is 1. The van der Waals surface area contributed by atoms with E-state index in [9.17, 15) is 5.11 Å². The Morgan fingerprint density at radius 1 is 1.40 bits per heavy atom. The Kier molecular flexibility index (Phi) is 4.01. The van der Waals surface area contributed by atoms with E-state index in [-0.39, 0.29) is 6.10 Å². The Bertz CT molecular complexity index is 691. The Hall–Kier alpha value is -0.660. The van der Waals surface area contributed by atoms with Gasteiger partial charge in [-0.05, 0) is 18.3 Å². The van der Waals surface area contributed by atoms with Gasteiger partial charge < -0.3 is 10.0 Å². The lowest BCUT2D eigenvalue weighted by atomic mass is 10.1. The van der Waals surface area contributed by atoms with E-state index in [4.69, 9.17) is 35.4 Å². The minimum Gasteiger partial charge on any atom is -0.393 e. The van der Waals surface area contributed by atoms with E-state index in [1.165, 1.54) is 4.90 Å². The highest BCUT2D eigenvalue weighted by Crippen LogP contribution is 2.21. The molecule has 5 nitrogen and oxygen atoms in total. The van der Waals surface area contributed by atoms with Crippen LogP contribution in [0.15, 0.2) is 12.3 Å². The quantitative estimate of drug-likeness (QED) is 0.811. The Morgan fingerprint density at radius 3 is 2.80 bits per heavy atom. The van der Waals surface area contributed by atoms with Crippen molar-refractivity contribution < 1.29 is 10.0 Å². The van der Waals surface area contributed by atoms with Crippen LogP contribution in [0, 0.1) is 4.77 Å². The number of rotatable bonds is 2. The summed E-state index contributed by atoms with van der Waals surface area (Å²) in [5.41, 5.74) is 0.623. The van der Waals surface area contributed by atoms with E-state index < -0.39 is 0 Å². The Morgan fingerprint density at radius 2 is 2.10 bits per heavy atom. The smallest absolute Gasteiger partial charge is 0.207 e. The van der Waals surface area contributed by atoms with Crippen molar-refractivity contribution in [3.63, 3.8) is 0 Å². The van der Waals surface area contributed by atoms with Crippen LogP contribution >= 0.6 is 35.4 Å². The van der Waals surface area contributed by atoms with Gasteiger partial charge in [0.25, 0.3) is 0 Å². The van der Waals surface area contributed by atoms with Crippen LogP contribution in [0.3, 0.4) is 0 Å². The topological polar surface area (TPSA) is 46.9 Å². The number of aliphatic hydroxyl groups excluding tert-OH is 1. The van der Waals surface area contributed by atoms with Crippen LogP contribution in [0.4, 0.5) is 0 Å². The molecule has 0 unspecified atom stereocenters. The molecular formula is C12H15Cl2N4OS+. The van der Waals surface area contributed by atoms with Crippen molar-refractivity contribution in [2.45, 2.75) is 25.6 Å². The second kappa shape index (κ2) is 5.61. The number of likely N-dealkylation sites (tertiary alicyclic amines) is 1. The molecule has 0 atom stereocenters. The molecule has 1 aliphatic heterocycles. The van der Waals surface area contributed by atoms with Crippen molar-refractivity contribution in [3.8, 4) is 0 Å². The number of hydrogen-bond donors (Lipinski definition) is 2. The number of fused-ring (bicyclic) bond motifs is 1. The normalized spacial score (nSPS) is 23.4. The second-order valence-electron chi connectivity index (χ2n) is 5.12. The molecule has 1 fully saturated rings. The summed E-state index contributed by atoms with van der Waals surface area (Å²) in [6.07, 6.45) is 3.20. The van der Waals surface area contributed by atoms with Crippen LogP contribution in [0.5, 0.6) is 0 Å². The van der Waals surface area contributed by atoms with Crippen LogP contribution in [-0.4, -0.2) is 38.5 Å². The van der Waals surface area contributed by atoms with Gasteiger partial charge >= 0.3 is 0 Å². The Labute approximate surface area is 131 Å². The van der Waals surface area contributed by atoms with Crippen LogP contribution in [0.25, 0.3) is 5.65 Å². The number of nitrogens with zero attached hydrogens (tertiary/aromatic N) is 3. The molecule has 0 aliphatic carbocycles. The summed E-state index contributed by atoms with van der Waals surface area (Å²) in [5.74, 6) is 0. The minimum absolute atomic E-state index is 0.166. The molecular weight excluding hydrogens is 319 g/mol. The van der Waals surface area contributed by atoms with Gasteiger partial charge in [0.15, 0.2) is 12.3 Å². The maximum absolute atomic E-state index is 9.54. The second-order valence-corrected chi connectivity index (χ2v) is 6.33. The number of hydrogen-bond acceptors (Lipinski definition) is 3. The van der Waals surface area contributed by atoms with Crippen LogP contribution in [0.1, 0.15) is 12.8 Å². The van der Waals surface area contributed by atoms with Gasteiger partial charge in [0.05, 0.1) is 29.2 Å². The summed E-state index contributed by atoms with van der Waals surface area (Å²) in [6.45, 7) is 2.53. The van der Waals surface area contributed by atoms with E-state index in [0.29, 0.717) is 27.1 Å². The molecule has 1 saturated heterocycles. The number of aliphatic hydroxyl groups is 1. The first kappa shape index (κ1) is 14.3. The first-order valence-electron chi connectivity index (χ1n) is 6.50. The average Bonchev–Trinajstić information content (AvgIpc) is 2.71. The van der Waals surface area contributed by atoms with Crippen LogP contribution in [0.2, 0.25) is 10.0 Å². The highest BCUT2D eigenvalue weighted by molar-refractivity contribution is 7.71. The molecule has 20 heavy (non-hydrogen) atoms. The molecule has 0 radical (unpaired) electrons. The number of quaternary nitrogens is 1. The van der Waals surface area contributed by atoms with Gasteiger partial charge in [0, 0.05) is 19.0 Å². The van der Waals surface area contributed by atoms with E-state index in [1.807, 2.05) is 0 Å². The Balaban J connectivity index is 1.91. The first-order valence-corrected chi connectivity index (χ1v) is 7.67. The zero-order valence-corrected chi connectivity index (χ0v) is 13.0. The molecule has 2 aromatic heterocycles. The van der Waals surface area contributed by atoms with Crippen LogP contribution < -0.4 is 4.90 Å². The maximum atomic E-state index is 9.54. The average molecular weight is 334 g/mol. The summed E-state index contributed by atoms with van der Waals surface area (Å²) in [6, 6.07) is 1.66. The van der Waals surface area contributed by atoms with Crippen molar-refractivity contribution in [3.05, 3.63) is 27.1 Å². The molecule has 0 bridgehead atoms. The van der Waals surface area contributed by atoms with Gasteiger partial charge in [-0.3, -0.25) is 4.40 Å². The molecule has 8 heteroatoms. The summed E-state index contributed by atoms with van der Waals surface area (Å²) >= 11 is 17.6. The SMILES string of the molecule is OC1CC[NH+](Cn2nc3c(Cl)cc(Cl)cn3c2=S)CC1. The molecule has 2 N–H and O–H groups in total. The van der Waals surface area contributed by atoms with Gasteiger partial charge in [0.2, 0.25) is 4.77 Å². The lowest BCUT2D eigenvalue weighted by Crippen LogP contribution is -3.12. The van der Waals surface area contributed by atoms with E-state index in [0.717, 1.165) is 25.9 Å². The van der Waals surface area contributed by atoms with E-state index in [2.05, 4.69) is 5.10 Å². The third-order valence-electron chi connectivity index (χ3n) is 3.64. The maximum Gasteiger partial charge on any atom is 0.207 e. The fourth-order valence-electron chi connectivity index (χ4n) is 2.53. The van der Waals surface area contributed by atoms with Gasteiger partial charge in [-0.15, -0.1) is 5.10 Å². The zero-order chi connectivity index (χ0) is 14.3. The number of halogens is 2. The molecule has 0 saturated carbocycles. The first-order chi connectivity index (χ1) is 9.54. The van der Waals surface area contributed by atoms with Crippen molar-refractivity contribution in [1.29, 1.82) is 0 Å². The molecule has 1 aliphatic rings. The fourth-order valence-corrected chi connectivity index (χ4v) is 3.28.